The first-order chi connectivity index (χ1) is 11.3. The van der Waals surface area contributed by atoms with Crippen LogP contribution in [0.5, 0.6) is 0 Å². The second kappa shape index (κ2) is 6.42. The number of anilines is 1. The lowest BCUT2D eigenvalue weighted by Gasteiger charge is -2.45. The molecule has 2 aromatic carbocycles. The van der Waals surface area contributed by atoms with E-state index in [1.54, 1.807) is 0 Å². The highest BCUT2D eigenvalue weighted by Crippen LogP contribution is 2.44. The molecule has 0 saturated carbocycles. The maximum atomic E-state index is 6.52. The molecule has 0 aliphatic carbocycles. The van der Waals surface area contributed by atoms with Gasteiger partial charge in [0.2, 0.25) is 0 Å². The van der Waals surface area contributed by atoms with E-state index in [4.69, 9.17) is 23.2 Å². The van der Waals surface area contributed by atoms with Gasteiger partial charge < -0.3 is 4.90 Å². The summed E-state index contributed by atoms with van der Waals surface area (Å²) in [6.07, 6.45) is 2.95. The van der Waals surface area contributed by atoms with Gasteiger partial charge in [0.1, 0.15) is 0 Å². The van der Waals surface area contributed by atoms with E-state index in [2.05, 4.69) is 49.8 Å². The van der Waals surface area contributed by atoms with Crippen LogP contribution in [0.15, 0.2) is 41.4 Å². The van der Waals surface area contributed by atoms with Gasteiger partial charge in [0.05, 0.1) is 10.7 Å². The molecule has 0 radical (unpaired) electrons. The van der Waals surface area contributed by atoms with Crippen LogP contribution in [-0.4, -0.2) is 18.8 Å². The third-order valence-electron chi connectivity index (χ3n) is 4.93. The van der Waals surface area contributed by atoms with Crippen molar-refractivity contribution >= 4 is 40.8 Å². The van der Waals surface area contributed by atoms with Gasteiger partial charge in [-0.2, -0.15) is 0 Å². The topological polar surface area (TPSA) is 15.6 Å². The molecular weight excluding hydrogens is 339 g/mol. The minimum absolute atomic E-state index is 0.134. The summed E-state index contributed by atoms with van der Waals surface area (Å²) in [5.41, 5.74) is 4.49. The normalized spacial score (nSPS) is 19.6. The van der Waals surface area contributed by atoms with Crippen LogP contribution in [0.25, 0.3) is 0 Å². The van der Waals surface area contributed by atoms with Crippen molar-refractivity contribution in [1.29, 1.82) is 0 Å². The fourth-order valence-corrected chi connectivity index (χ4v) is 3.71. The Labute approximate surface area is 154 Å². The molecule has 0 aromatic heterocycles. The summed E-state index contributed by atoms with van der Waals surface area (Å²) in [5, 5.41) is 1.43. The highest BCUT2D eigenvalue weighted by Gasteiger charge is 2.34. The summed E-state index contributed by atoms with van der Waals surface area (Å²) < 4.78 is 0. The van der Waals surface area contributed by atoms with E-state index in [-0.39, 0.29) is 5.54 Å². The predicted octanol–water partition coefficient (Wildman–Crippen LogP) is 6.47. The van der Waals surface area contributed by atoms with Crippen molar-refractivity contribution in [1.82, 2.24) is 0 Å². The lowest BCUT2D eigenvalue weighted by Crippen LogP contribution is -2.45. The van der Waals surface area contributed by atoms with E-state index in [1.807, 2.05) is 30.5 Å². The highest BCUT2D eigenvalue weighted by atomic mass is 35.5. The molecule has 0 bridgehead atoms. The fraction of sp³-hybridized carbons (Fsp3) is 0.350. The van der Waals surface area contributed by atoms with Gasteiger partial charge >= 0.3 is 0 Å². The second-order valence-corrected chi connectivity index (χ2v) is 7.99. The number of rotatable bonds is 2. The number of hydrogen-bond acceptors (Lipinski definition) is 2. The van der Waals surface area contributed by atoms with Gasteiger partial charge in [-0.15, -0.1) is 0 Å². The van der Waals surface area contributed by atoms with E-state index in [9.17, 15) is 0 Å². The number of fused-ring (bicyclic) bond motifs is 1. The standard InChI is InChI=1S/C20H22Cl2N2/c1-13-11-20(2,3)24(4)19-10-18(22)14(9-17(13)19)12-23-16-7-5-15(21)6-8-16/h5-10,12-13H,11H2,1-4H3/t13-/m0/s1. The molecule has 0 spiro atoms. The van der Waals surface area contributed by atoms with E-state index >= 15 is 0 Å². The Bertz CT molecular complexity index is 779. The quantitative estimate of drug-likeness (QED) is 0.560. The van der Waals surface area contributed by atoms with Crippen LogP contribution >= 0.6 is 23.2 Å². The number of halogens is 2. The van der Waals surface area contributed by atoms with Gasteiger partial charge in [0.25, 0.3) is 0 Å². The molecule has 2 nitrogen and oxygen atoms in total. The van der Waals surface area contributed by atoms with Gasteiger partial charge in [0.15, 0.2) is 0 Å². The molecule has 4 heteroatoms. The molecule has 1 aliphatic heterocycles. The Hall–Kier alpha value is -1.51. The van der Waals surface area contributed by atoms with Crippen molar-refractivity contribution in [3.63, 3.8) is 0 Å². The monoisotopic (exact) mass is 360 g/mol. The van der Waals surface area contributed by atoms with Crippen LogP contribution < -0.4 is 4.90 Å². The number of benzene rings is 2. The number of nitrogens with zero attached hydrogens (tertiary/aromatic N) is 2. The van der Waals surface area contributed by atoms with Crippen molar-refractivity contribution in [3.8, 4) is 0 Å². The summed E-state index contributed by atoms with van der Waals surface area (Å²) >= 11 is 12.4. The zero-order valence-electron chi connectivity index (χ0n) is 14.5. The van der Waals surface area contributed by atoms with Crippen LogP contribution in [0, 0.1) is 0 Å². The average Bonchev–Trinajstić information content (AvgIpc) is 2.52. The molecule has 24 heavy (non-hydrogen) atoms. The lowest BCUT2D eigenvalue weighted by molar-refractivity contribution is 0.395. The van der Waals surface area contributed by atoms with Gasteiger partial charge in [-0.1, -0.05) is 30.1 Å². The first-order valence-corrected chi connectivity index (χ1v) is 8.90. The van der Waals surface area contributed by atoms with Crippen LogP contribution in [-0.2, 0) is 0 Å². The Morgan fingerprint density at radius 3 is 2.50 bits per heavy atom. The summed E-state index contributed by atoms with van der Waals surface area (Å²) in [7, 11) is 2.14. The molecule has 0 unspecified atom stereocenters. The van der Waals surface area contributed by atoms with Crippen LogP contribution in [0.2, 0.25) is 10.0 Å². The van der Waals surface area contributed by atoms with Gasteiger partial charge in [-0.3, -0.25) is 4.99 Å². The van der Waals surface area contributed by atoms with Crippen molar-refractivity contribution in [2.75, 3.05) is 11.9 Å². The molecule has 1 aliphatic rings. The van der Waals surface area contributed by atoms with Gasteiger partial charge in [-0.25, -0.2) is 0 Å². The Balaban J connectivity index is 1.97. The third-order valence-corrected chi connectivity index (χ3v) is 5.51. The molecule has 2 aromatic rings. The predicted molar refractivity (Wildman–Crippen MR) is 106 cm³/mol. The molecule has 1 atom stereocenters. The Morgan fingerprint density at radius 1 is 1.17 bits per heavy atom. The van der Waals surface area contributed by atoms with Crippen molar-refractivity contribution < 1.29 is 0 Å². The smallest absolute Gasteiger partial charge is 0.0630 e. The lowest BCUT2D eigenvalue weighted by atomic mass is 9.80. The van der Waals surface area contributed by atoms with E-state index in [0.717, 1.165) is 22.7 Å². The average molecular weight is 361 g/mol. The molecule has 0 saturated heterocycles. The van der Waals surface area contributed by atoms with E-state index in [1.165, 1.54) is 11.3 Å². The summed E-state index contributed by atoms with van der Waals surface area (Å²) in [5.74, 6) is 0.492. The minimum atomic E-state index is 0.134. The largest absolute Gasteiger partial charge is 0.369 e. The van der Waals surface area contributed by atoms with Gasteiger partial charge in [-0.05, 0) is 68.1 Å². The van der Waals surface area contributed by atoms with E-state index in [0.29, 0.717) is 10.9 Å². The molecule has 126 valence electrons. The molecule has 0 N–H and O–H groups in total. The molecule has 0 fully saturated rings. The fourth-order valence-electron chi connectivity index (χ4n) is 3.37. The van der Waals surface area contributed by atoms with Crippen LogP contribution in [0.1, 0.15) is 44.2 Å². The third kappa shape index (κ3) is 3.31. The first kappa shape index (κ1) is 17.3. The van der Waals surface area contributed by atoms with Crippen molar-refractivity contribution in [2.45, 2.75) is 38.6 Å². The van der Waals surface area contributed by atoms with Crippen molar-refractivity contribution in [2.24, 2.45) is 4.99 Å². The summed E-state index contributed by atoms with van der Waals surface area (Å²) in [6, 6.07) is 11.7. The number of aliphatic imine (C=N–C) groups is 1. The van der Waals surface area contributed by atoms with E-state index < -0.39 is 0 Å². The highest BCUT2D eigenvalue weighted by molar-refractivity contribution is 6.33. The van der Waals surface area contributed by atoms with Crippen molar-refractivity contribution in [3.05, 3.63) is 57.6 Å². The molecule has 0 amide bonds. The van der Waals surface area contributed by atoms with Crippen LogP contribution in [0.4, 0.5) is 11.4 Å². The molecule has 1 heterocycles. The second-order valence-electron chi connectivity index (χ2n) is 7.14. The summed E-state index contributed by atoms with van der Waals surface area (Å²) in [4.78, 5) is 6.85. The Morgan fingerprint density at radius 2 is 1.83 bits per heavy atom. The molecule has 3 rings (SSSR count). The Kier molecular flexibility index (Phi) is 4.63. The minimum Gasteiger partial charge on any atom is -0.369 e. The first-order valence-electron chi connectivity index (χ1n) is 8.15. The molecular formula is C20H22Cl2N2. The zero-order valence-corrected chi connectivity index (χ0v) is 16.0. The van der Waals surface area contributed by atoms with Crippen LogP contribution in [0.3, 0.4) is 0 Å². The summed E-state index contributed by atoms with van der Waals surface area (Å²) in [6.45, 7) is 6.83. The van der Waals surface area contributed by atoms with Gasteiger partial charge in [0, 0.05) is 35.1 Å². The zero-order chi connectivity index (χ0) is 17.5. The maximum absolute atomic E-state index is 6.52. The maximum Gasteiger partial charge on any atom is 0.0630 e. The SMILES string of the molecule is C[C@H]1CC(C)(C)N(C)c2cc(Cl)c(C=Nc3ccc(Cl)cc3)cc21. The number of hydrogen-bond donors (Lipinski definition) is 0.